The molecule has 0 amide bonds. The molecule has 2 N–H and O–H groups in total. The molecule has 148 valence electrons. The number of fused-ring (bicyclic) bond motifs is 2. The molecule has 4 heterocycles. The molecule has 2 aromatic heterocycles. The Morgan fingerprint density at radius 3 is 2.50 bits per heavy atom. The lowest BCUT2D eigenvalue weighted by molar-refractivity contribution is -0.174. The lowest BCUT2D eigenvalue weighted by atomic mass is 10.1. The highest BCUT2D eigenvalue weighted by Gasteiger charge is 2.61. The first kappa shape index (κ1) is 17.9. The molecular formula is C15H14N4O9. The van der Waals surface area contributed by atoms with Gasteiger partial charge in [0.15, 0.2) is 29.6 Å². The number of nitrogens with one attached hydrogen (secondary N) is 2. The van der Waals surface area contributed by atoms with Gasteiger partial charge in [-0.3, -0.25) is 28.9 Å². The Hall–Kier alpha value is -3.48. The molecule has 0 aliphatic carbocycles. The van der Waals surface area contributed by atoms with Crippen molar-refractivity contribution in [3.05, 3.63) is 27.2 Å². The number of imidazole rings is 1. The van der Waals surface area contributed by atoms with E-state index in [0.717, 1.165) is 13.8 Å². The number of aromatic amines is 2. The maximum absolute atomic E-state index is 12.2. The van der Waals surface area contributed by atoms with E-state index in [4.69, 9.17) is 18.9 Å². The molecule has 4 rings (SSSR count). The van der Waals surface area contributed by atoms with Crippen molar-refractivity contribution in [3.63, 3.8) is 0 Å². The van der Waals surface area contributed by atoms with Crippen LogP contribution < -0.4 is 11.2 Å². The maximum Gasteiger partial charge on any atom is 0.350 e. The summed E-state index contributed by atoms with van der Waals surface area (Å²) in [5, 5.41) is 0. The molecule has 2 aliphatic rings. The van der Waals surface area contributed by atoms with Crippen molar-refractivity contribution in [2.75, 3.05) is 0 Å². The molecule has 2 saturated heterocycles. The van der Waals surface area contributed by atoms with Crippen molar-refractivity contribution in [1.29, 1.82) is 0 Å². The first-order valence-corrected chi connectivity index (χ1v) is 8.16. The molecule has 2 aromatic rings. The predicted octanol–water partition coefficient (Wildman–Crippen LogP) is -1.90. The SMILES string of the molecule is CC(=O)O[C@H]1[C@@H]2OC(=O)[C@@H](OC(C)=O)[C@H]2O[C@H]1n1cnc2[nH]c(=O)[nH]c(=O)c21. The van der Waals surface area contributed by atoms with Crippen LogP contribution in [-0.4, -0.2) is 61.8 Å². The van der Waals surface area contributed by atoms with Gasteiger partial charge in [-0.1, -0.05) is 0 Å². The summed E-state index contributed by atoms with van der Waals surface area (Å²) in [5.41, 5.74) is -1.54. The van der Waals surface area contributed by atoms with E-state index >= 15 is 0 Å². The van der Waals surface area contributed by atoms with Crippen LogP contribution in [0.15, 0.2) is 15.9 Å². The van der Waals surface area contributed by atoms with Gasteiger partial charge in [0.1, 0.15) is 12.4 Å². The fourth-order valence-corrected chi connectivity index (χ4v) is 3.38. The Balaban J connectivity index is 1.78. The van der Waals surface area contributed by atoms with Gasteiger partial charge in [0, 0.05) is 13.8 Å². The van der Waals surface area contributed by atoms with Crippen LogP contribution in [-0.2, 0) is 33.3 Å². The van der Waals surface area contributed by atoms with Crippen molar-refractivity contribution in [1.82, 2.24) is 19.5 Å². The third kappa shape index (κ3) is 2.76. The Morgan fingerprint density at radius 2 is 1.82 bits per heavy atom. The van der Waals surface area contributed by atoms with Crippen LogP contribution in [0, 0.1) is 0 Å². The van der Waals surface area contributed by atoms with Crippen molar-refractivity contribution < 1.29 is 33.3 Å². The second-order valence-corrected chi connectivity index (χ2v) is 6.25. The summed E-state index contributed by atoms with van der Waals surface area (Å²) in [6.07, 6.45) is -4.54. The number of esters is 3. The monoisotopic (exact) mass is 394 g/mol. The smallest absolute Gasteiger partial charge is 0.350 e. The first-order chi connectivity index (χ1) is 13.3. The van der Waals surface area contributed by atoms with Crippen molar-refractivity contribution in [2.45, 2.75) is 44.5 Å². The number of ether oxygens (including phenoxy) is 4. The molecule has 2 fully saturated rings. The molecular weight excluding hydrogens is 380 g/mol. The fraction of sp³-hybridized carbons (Fsp3) is 0.467. The zero-order valence-electron chi connectivity index (χ0n) is 14.5. The van der Waals surface area contributed by atoms with E-state index in [9.17, 15) is 24.0 Å². The van der Waals surface area contributed by atoms with Crippen molar-refractivity contribution in [2.24, 2.45) is 0 Å². The van der Waals surface area contributed by atoms with Gasteiger partial charge in [-0.2, -0.15) is 0 Å². The van der Waals surface area contributed by atoms with Crippen LogP contribution in [0.25, 0.3) is 11.2 Å². The average Bonchev–Trinajstić information content (AvgIpc) is 3.22. The molecule has 2 aliphatic heterocycles. The van der Waals surface area contributed by atoms with E-state index in [-0.39, 0.29) is 11.2 Å². The molecule has 13 nitrogen and oxygen atoms in total. The van der Waals surface area contributed by atoms with Gasteiger partial charge in [-0.15, -0.1) is 0 Å². The highest BCUT2D eigenvalue weighted by Crippen LogP contribution is 2.40. The molecule has 0 spiro atoms. The number of H-pyrrole nitrogens is 2. The first-order valence-electron chi connectivity index (χ1n) is 8.16. The number of hydrogen-bond acceptors (Lipinski definition) is 10. The van der Waals surface area contributed by atoms with Crippen LogP contribution in [0.1, 0.15) is 20.1 Å². The number of carbonyl (C=O) groups excluding carboxylic acids is 3. The van der Waals surface area contributed by atoms with E-state index in [2.05, 4.69) is 15.0 Å². The van der Waals surface area contributed by atoms with E-state index < -0.39 is 59.8 Å². The number of nitrogens with zero attached hydrogens (tertiary/aromatic N) is 2. The fourth-order valence-electron chi connectivity index (χ4n) is 3.38. The Morgan fingerprint density at radius 1 is 1.11 bits per heavy atom. The normalized spacial score (nSPS) is 28.8. The van der Waals surface area contributed by atoms with Crippen LogP contribution in [0.3, 0.4) is 0 Å². The second-order valence-electron chi connectivity index (χ2n) is 6.25. The number of aromatic nitrogens is 4. The van der Waals surface area contributed by atoms with Gasteiger partial charge >= 0.3 is 23.6 Å². The lowest BCUT2D eigenvalue weighted by Crippen LogP contribution is -2.36. The van der Waals surface area contributed by atoms with Crippen LogP contribution in [0.4, 0.5) is 0 Å². The van der Waals surface area contributed by atoms with Crippen LogP contribution in [0.5, 0.6) is 0 Å². The Bertz CT molecular complexity index is 1100. The zero-order valence-corrected chi connectivity index (χ0v) is 14.5. The number of hydrogen-bond donors (Lipinski definition) is 2. The zero-order chi connectivity index (χ0) is 20.2. The van der Waals surface area contributed by atoms with Gasteiger partial charge in [0.05, 0.1) is 0 Å². The lowest BCUT2D eigenvalue weighted by Gasteiger charge is -2.22. The minimum Gasteiger partial charge on any atom is -0.454 e. The van der Waals surface area contributed by atoms with Crippen molar-refractivity contribution >= 4 is 29.1 Å². The Labute approximate surface area is 154 Å². The van der Waals surface area contributed by atoms with Crippen LogP contribution >= 0.6 is 0 Å². The van der Waals surface area contributed by atoms with Gasteiger partial charge in [-0.25, -0.2) is 14.6 Å². The van der Waals surface area contributed by atoms with E-state index in [1.807, 2.05) is 0 Å². The second kappa shape index (κ2) is 6.30. The molecule has 0 radical (unpaired) electrons. The minimum absolute atomic E-state index is 0.00971. The largest absolute Gasteiger partial charge is 0.454 e. The highest BCUT2D eigenvalue weighted by molar-refractivity contribution is 5.82. The third-order valence-electron chi connectivity index (χ3n) is 4.35. The summed E-state index contributed by atoms with van der Waals surface area (Å²) in [6, 6.07) is 0. The predicted molar refractivity (Wildman–Crippen MR) is 85.9 cm³/mol. The summed E-state index contributed by atoms with van der Waals surface area (Å²) in [6.45, 7) is 2.27. The third-order valence-corrected chi connectivity index (χ3v) is 4.35. The topological polar surface area (TPSA) is 172 Å². The molecule has 0 aromatic carbocycles. The van der Waals surface area contributed by atoms with Crippen LogP contribution in [0.2, 0.25) is 0 Å². The average molecular weight is 394 g/mol. The minimum atomic E-state index is -1.35. The van der Waals surface area contributed by atoms with Crippen molar-refractivity contribution in [3.8, 4) is 0 Å². The number of rotatable bonds is 3. The summed E-state index contributed by atoms with van der Waals surface area (Å²) < 4.78 is 22.5. The summed E-state index contributed by atoms with van der Waals surface area (Å²) in [5.74, 6) is -2.24. The molecule has 13 heteroatoms. The standard InChI is InChI=1S/C15H14N4O9/c1-4(20)25-9-7-8(10(14(23)28-7)26-5(2)21)27-13(9)19-3-16-11-6(19)12(22)18-15(24)17-11/h3,7-10,13H,1-2H3,(H2,17,18,22,24)/t7-,8+,9+,10+,13-/m1/s1. The van der Waals surface area contributed by atoms with E-state index in [0.29, 0.717) is 0 Å². The molecule has 0 unspecified atom stereocenters. The molecule has 28 heavy (non-hydrogen) atoms. The van der Waals surface area contributed by atoms with Gasteiger partial charge in [0.2, 0.25) is 6.10 Å². The summed E-state index contributed by atoms with van der Waals surface area (Å²) in [7, 11) is 0. The molecule has 5 atom stereocenters. The van der Waals surface area contributed by atoms with Gasteiger partial charge in [-0.05, 0) is 0 Å². The number of carbonyl (C=O) groups is 3. The summed E-state index contributed by atoms with van der Waals surface area (Å²) >= 11 is 0. The van der Waals surface area contributed by atoms with E-state index in [1.165, 1.54) is 10.9 Å². The molecule has 0 saturated carbocycles. The Kier molecular flexibility index (Phi) is 4.03. The molecule has 0 bridgehead atoms. The highest BCUT2D eigenvalue weighted by atomic mass is 16.7. The quantitative estimate of drug-likeness (QED) is 0.442. The van der Waals surface area contributed by atoms with Gasteiger partial charge in [0.25, 0.3) is 5.56 Å². The summed E-state index contributed by atoms with van der Waals surface area (Å²) in [4.78, 5) is 66.9. The van der Waals surface area contributed by atoms with Gasteiger partial charge < -0.3 is 18.9 Å². The maximum atomic E-state index is 12.2. The van der Waals surface area contributed by atoms with E-state index in [1.54, 1.807) is 0 Å².